The maximum absolute atomic E-state index is 11.9. The summed E-state index contributed by atoms with van der Waals surface area (Å²) >= 11 is 1.16. The first-order chi connectivity index (χ1) is 8.63. The van der Waals surface area contributed by atoms with Gasteiger partial charge in [-0.15, -0.1) is 11.3 Å². The molecule has 0 unspecified atom stereocenters. The molecule has 6 nitrogen and oxygen atoms in total. The zero-order chi connectivity index (χ0) is 14.7. The minimum absolute atomic E-state index is 0.0388. The standard InChI is InChI=1S/C11H19N3O3S2/c1-8(13-15)9-7-18-10(12-9)14-19(16,17)6-5-11(2,3)4/h7,15H,5-6H2,1-4H3,(H,12,14). The van der Waals surface area contributed by atoms with E-state index in [1.165, 1.54) is 0 Å². The van der Waals surface area contributed by atoms with Gasteiger partial charge in [-0.1, -0.05) is 25.9 Å². The number of hydrogen-bond donors (Lipinski definition) is 2. The second-order valence-electron chi connectivity index (χ2n) is 5.45. The Kier molecular flexibility index (Phi) is 4.92. The Morgan fingerprint density at radius 1 is 1.53 bits per heavy atom. The quantitative estimate of drug-likeness (QED) is 0.497. The Balaban J connectivity index is 2.71. The van der Waals surface area contributed by atoms with Crippen molar-refractivity contribution in [1.82, 2.24) is 4.98 Å². The second-order valence-corrected chi connectivity index (χ2v) is 8.15. The van der Waals surface area contributed by atoms with Gasteiger partial charge in [-0.25, -0.2) is 13.4 Å². The van der Waals surface area contributed by atoms with Crippen LogP contribution in [0.1, 0.15) is 39.8 Å². The number of rotatable bonds is 5. The van der Waals surface area contributed by atoms with E-state index in [1.807, 2.05) is 20.8 Å². The predicted molar refractivity (Wildman–Crippen MR) is 77.6 cm³/mol. The first kappa shape index (κ1) is 15.9. The molecular weight excluding hydrogens is 286 g/mol. The van der Waals surface area contributed by atoms with E-state index in [0.29, 0.717) is 17.8 Å². The molecule has 0 atom stereocenters. The average Bonchev–Trinajstić information content (AvgIpc) is 2.72. The number of anilines is 1. The van der Waals surface area contributed by atoms with E-state index < -0.39 is 10.0 Å². The van der Waals surface area contributed by atoms with Gasteiger partial charge < -0.3 is 5.21 Å². The third-order valence-corrected chi connectivity index (χ3v) is 4.52. The lowest BCUT2D eigenvalue weighted by Gasteiger charge is -2.17. The molecule has 19 heavy (non-hydrogen) atoms. The molecule has 0 aliphatic heterocycles. The fraction of sp³-hybridized carbons (Fsp3) is 0.636. The lowest BCUT2D eigenvalue weighted by atomic mass is 9.94. The molecule has 8 heteroatoms. The maximum Gasteiger partial charge on any atom is 0.234 e. The maximum atomic E-state index is 11.9. The molecule has 2 N–H and O–H groups in total. The highest BCUT2D eigenvalue weighted by molar-refractivity contribution is 7.92. The first-order valence-corrected chi connectivity index (χ1v) is 8.31. The van der Waals surface area contributed by atoms with Gasteiger partial charge in [0, 0.05) is 5.38 Å². The summed E-state index contributed by atoms with van der Waals surface area (Å²) in [6, 6.07) is 0. The molecule has 1 rings (SSSR count). The molecule has 1 aromatic heterocycles. The third kappa shape index (κ3) is 5.56. The Labute approximate surface area is 117 Å². The van der Waals surface area contributed by atoms with Crippen molar-refractivity contribution < 1.29 is 13.6 Å². The minimum atomic E-state index is -3.39. The summed E-state index contributed by atoms with van der Waals surface area (Å²) in [5.41, 5.74) is 0.764. The normalized spacial score (nSPS) is 13.6. The molecule has 0 fully saturated rings. The number of sulfonamides is 1. The molecule has 0 radical (unpaired) electrons. The molecule has 0 aromatic carbocycles. The van der Waals surface area contributed by atoms with Gasteiger partial charge in [0.05, 0.1) is 5.75 Å². The van der Waals surface area contributed by atoms with Crippen molar-refractivity contribution in [3.63, 3.8) is 0 Å². The number of hydrogen-bond acceptors (Lipinski definition) is 6. The van der Waals surface area contributed by atoms with E-state index in [4.69, 9.17) is 5.21 Å². The Bertz CT molecular complexity index is 556. The van der Waals surface area contributed by atoms with Crippen LogP contribution in [0.2, 0.25) is 0 Å². The molecule has 0 spiro atoms. The van der Waals surface area contributed by atoms with Crippen molar-refractivity contribution in [2.24, 2.45) is 10.6 Å². The van der Waals surface area contributed by atoms with E-state index >= 15 is 0 Å². The summed E-state index contributed by atoms with van der Waals surface area (Å²) < 4.78 is 26.2. The molecule has 1 heterocycles. The summed E-state index contributed by atoms with van der Waals surface area (Å²) in [7, 11) is -3.39. The van der Waals surface area contributed by atoms with Crippen LogP contribution in [0.15, 0.2) is 10.5 Å². The molecule has 0 amide bonds. The largest absolute Gasteiger partial charge is 0.411 e. The molecule has 0 aliphatic rings. The highest BCUT2D eigenvalue weighted by Crippen LogP contribution is 2.21. The molecule has 0 saturated carbocycles. The van der Waals surface area contributed by atoms with Crippen LogP contribution in [0, 0.1) is 5.41 Å². The lowest BCUT2D eigenvalue weighted by Crippen LogP contribution is -2.20. The van der Waals surface area contributed by atoms with Gasteiger partial charge in [0.25, 0.3) is 0 Å². The van der Waals surface area contributed by atoms with E-state index in [0.717, 1.165) is 11.3 Å². The van der Waals surface area contributed by atoms with Gasteiger partial charge in [-0.2, -0.15) is 0 Å². The van der Waals surface area contributed by atoms with Gasteiger partial charge in [0.1, 0.15) is 11.4 Å². The fourth-order valence-electron chi connectivity index (χ4n) is 1.16. The molecule has 0 saturated heterocycles. The Morgan fingerprint density at radius 2 is 2.16 bits per heavy atom. The van der Waals surface area contributed by atoms with Gasteiger partial charge in [-0.05, 0) is 18.8 Å². The minimum Gasteiger partial charge on any atom is -0.411 e. The van der Waals surface area contributed by atoms with E-state index in [2.05, 4.69) is 14.9 Å². The van der Waals surface area contributed by atoms with Gasteiger partial charge >= 0.3 is 0 Å². The molecule has 0 aliphatic carbocycles. The van der Waals surface area contributed by atoms with Crippen LogP contribution in [-0.2, 0) is 10.0 Å². The van der Waals surface area contributed by atoms with Crippen LogP contribution in [0.3, 0.4) is 0 Å². The monoisotopic (exact) mass is 305 g/mol. The second kappa shape index (κ2) is 5.87. The summed E-state index contributed by atoms with van der Waals surface area (Å²) in [4.78, 5) is 4.05. The van der Waals surface area contributed by atoms with Crippen molar-refractivity contribution >= 4 is 32.2 Å². The topological polar surface area (TPSA) is 91.7 Å². The summed E-state index contributed by atoms with van der Waals surface area (Å²) in [5, 5.41) is 13.6. The van der Waals surface area contributed by atoms with Crippen LogP contribution in [0.25, 0.3) is 0 Å². The van der Waals surface area contributed by atoms with Crippen molar-refractivity contribution in [2.75, 3.05) is 10.5 Å². The van der Waals surface area contributed by atoms with Crippen LogP contribution in [-0.4, -0.2) is 30.1 Å². The summed E-state index contributed by atoms with van der Waals surface area (Å²) in [6.45, 7) is 7.56. The third-order valence-electron chi connectivity index (χ3n) is 2.39. The highest BCUT2D eigenvalue weighted by atomic mass is 32.2. The van der Waals surface area contributed by atoms with Crippen LogP contribution >= 0.6 is 11.3 Å². The van der Waals surface area contributed by atoms with Gasteiger partial charge in [-0.3, -0.25) is 4.72 Å². The summed E-state index contributed by atoms with van der Waals surface area (Å²) in [6.07, 6.45) is 0.567. The van der Waals surface area contributed by atoms with Crippen molar-refractivity contribution in [3.8, 4) is 0 Å². The first-order valence-electron chi connectivity index (χ1n) is 5.78. The fourth-order valence-corrected chi connectivity index (χ4v) is 3.63. The van der Waals surface area contributed by atoms with Gasteiger partial charge in [0.15, 0.2) is 5.13 Å². The van der Waals surface area contributed by atoms with Gasteiger partial charge in [0.2, 0.25) is 10.0 Å². The number of aromatic nitrogens is 1. The van der Waals surface area contributed by atoms with Crippen molar-refractivity contribution in [2.45, 2.75) is 34.1 Å². The lowest BCUT2D eigenvalue weighted by molar-refractivity contribution is 0.319. The SMILES string of the molecule is CC(=NO)c1csc(NS(=O)(=O)CCC(C)(C)C)n1. The smallest absolute Gasteiger partial charge is 0.234 e. The predicted octanol–water partition coefficient (Wildman–Crippen LogP) is 2.52. The van der Waals surface area contributed by atoms with E-state index in [1.54, 1.807) is 12.3 Å². The van der Waals surface area contributed by atoms with E-state index in [-0.39, 0.29) is 16.3 Å². The zero-order valence-electron chi connectivity index (χ0n) is 11.5. The zero-order valence-corrected chi connectivity index (χ0v) is 13.1. The molecule has 0 bridgehead atoms. The van der Waals surface area contributed by atoms with Crippen molar-refractivity contribution in [1.29, 1.82) is 0 Å². The van der Waals surface area contributed by atoms with E-state index in [9.17, 15) is 8.42 Å². The number of thiazole rings is 1. The molecule has 1 aromatic rings. The summed E-state index contributed by atoms with van der Waals surface area (Å²) in [5.74, 6) is 0.0541. The number of oxime groups is 1. The van der Waals surface area contributed by atoms with Crippen LogP contribution in [0.4, 0.5) is 5.13 Å². The average molecular weight is 305 g/mol. The highest BCUT2D eigenvalue weighted by Gasteiger charge is 2.18. The Morgan fingerprint density at radius 3 is 2.68 bits per heavy atom. The van der Waals surface area contributed by atoms with Crippen LogP contribution in [0.5, 0.6) is 0 Å². The number of nitrogens with one attached hydrogen (secondary N) is 1. The molecule has 108 valence electrons. The van der Waals surface area contributed by atoms with Crippen LogP contribution < -0.4 is 4.72 Å². The van der Waals surface area contributed by atoms with Crippen molar-refractivity contribution in [3.05, 3.63) is 11.1 Å². The Hall–Kier alpha value is -1.15. The molecular formula is C11H19N3O3S2. The number of nitrogens with zero attached hydrogens (tertiary/aromatic N) is 2.